The van der Waals surface area contributed by atoms with Crippen molar-refractivity contribution in [3.63, 3.8) is 0 Å². The third kappa shape index (κ3) is 10.4. The second-order valence-electron chi connectivity index (χ2n) is 8.01. The number of hydrogen-bond acceptors (Lipinski definition) is 14. The summed E-state index contributed by atoms with van der Waals surface area (Å²) in [7, 11) is -12.9. The molecular weight excluding hydrogens is 594 g/mol. The van der Waals surface area contributed by atoms with E-state index in [1.807, 2.05) is 0 Å². The molecule has 0 aliphatic carbocycles. The van der Waals surface area contributed by atoms with Gasteiger partial charge >= 0.3 is 0 Å². The standard InChI is InChI=1S/C20H25N7O10S3/c21-16-12-14(5-6-17(16)37-8-2-9-38(28,29)30)24-20-26-18(22-7-10-39(31,32)33)25-19(27-20)23-13-3-1-4-15(11-13)40(34,35)36/h1,3-6,11-12H,2,7-10,21H2,(H,28,29,30)(H,31,32,33)(H,34,35,36)(H3,22,23,24,25,26,27). The van der Waals surface area contributed by atoms with E-state index in [0.29, 0.717) is 5.69 Å². The minimum Gasteiger partial charge on any atom is -0.491 e. The van der Waals surface area contributed by atoms with Gasteiger partial charge in [0.2, 0.25) is 17.8 Å². The molecule has 0 aliphatic rings. The number of nitrogens with one attached hydrogen (secondary N) is 3. The van der Waals surface area contributed by atoms with Gasteiger partial charge in [-0.3, -0.25) is 13.7 Å². The molecule has 20 heteroatoms. The molecule has 40 heavy (non-hydrogen) atoms. The van der Waals surface area contributed by atoms with Crippen LogP contribution in [0, 0.1) is 0 Å². The predicted octanol–water partition coefficient (Wildman–Crippen LogP) is 1.14. The molecule has 3 rings (SSSR count). The highest BCUT2D eigenvalue weighted by Gasteiger charge is 2.13. The Kier molecular flexibility index (Phi) is 9.65. The molecule has 2 aromatic carbocycles. The molecule has 3 aromatic rings. The molecule has 0 amide bonds. The van der Waals surface area contributed by atoms with Gasteiger partial charge in [-0.15, -0.1) is 0 Å². The Morgan fingerprint density at radius 1 is 0.775 bits per heavy atom. The number of nitrogens with zero attached hydrogens (tertiary/aromatic N) is 3. The van der Waals surface area contributed by atoms with E-state index in [-0.39, 0.29) is 59.4 Å². The van der Waals surface area contributed by atoms with Crippen LogP contribution in [0.5, 0.6) is 5.75 Å². The molecule has 1 heterocycles. The predicted molar refractivity (Wildman–Crippen MR) is 145 cm³/mol. The first kappa shape index (κ1) is 30.7. The van der Waals surface area contributed by atoms with Crippen LogP contribution in [0.3, 0.4) is 0 Å². The van der Waals surface area contributed by atoms with Crippen molar-refractivity contribution in [3.8, 4) is 5.75 Å². The topological polar surface area (TPSA) is 273 Å². The molecule has 0 aliphatic heterocycles. The second kappa shape index (κ2) is 12.6. The third-order valence-electron chi connectivity index (χ3n) is 4.74. The number of hydrogen-bond donors (Lipinski definition) is 7. The van der Waals surface area contributed by atoms with E-state index in [1.165, 1.54) is 30.3 Å². The Labute approximate surface area is 229 Å². The van der Waals surface area contributed by atoms with E-state index in [9.17, 15) is 29.8 Å². The monoisotopic (exact) mass is 619 g/mol. The minimum absolute atomic E-state index is 0.0172. The van der Waals surface area contributed by atoms with E-state index < -0.39 is 41.9 Å². The summed E-state index contributed by atoms with van der Waals surface area (Å²) in [4.78, 5) is 12.0. The van der Waals surface area contributed by atoms with Gasteiger partial charge < -0.3 is 26.4 Å². The summed E-state index contributed by atoms with van der Waals surface area (Å²) >= 11 is 0. The maximum Gasteiger partial charge on any atom is 0.294 e. The zero-order valence-corrected chi connectivity index (χ0v) is 22.9. The van der Waals surface area contributed by atoms with E-state index in [4.69, 9.17) is 19.6 Å². The molecule has 0 saturated heterocycles. The van der Waals surface area contributed by atoms with E-state index >= 15 is 0 Å². The van der Waals surface area contributed by atoms with Crippen molar-refractivity contribution in [2.75, 3.05) is 46.3 Å². The largest absolute Gasteiger partial charge is 0.491 e. The van der Waals surface area contributed by atoms with Crippen molar-refractivity contribution in [3.05, 3.63) is 42.5 Å². The third-order valence-corrected chi connectivity index (χ3v) is 7.11. The Balaban J connectivity index is 1.81. The highest BCUT2D eigenvalue weighted by atomic mass is 32.2. The summed E-state index contributed by atoms with van der Waals surface area (Å²) in [6.45, 7) is -0.271. The Morgan fingerprint density at radius 3 is 1.95 bits per heavy atom. The first-order valence-electron chi connectivity index (χ1n) is 11.1. The normalized spacial score (nSPS) is 12.1. The quantitative estimate of drug-likeness (QED) is 0.0756. The van der Waals surface area contributed by atoms with Gasteiger partial charge in [-0.25, -0.2) is 0 Å². The van der Waals surface area contributed by atoms with Crippen LogP contribution < -0.4 is 26.4 Å². The van der Waals surface area contributed by atoms with Crippen LogP contribution in [-0.2, 0) is 30.4 Å². The molecule has 1 aromatic heterocycles. The molecular formula is C20H25N7O10S3. The lowest BCUT2D eigenvalue weighted by Crippen LogP contribution is -2.17. The van der Waals surface area contributed by atoms with Crippen LogP contribution in [-0.4, -0.2) is 78.5 Å². The number of ether oxygens (including phenoxy) is 1. The summed E-state index contributed by atoms with van der Waals surface area (Å²) < 4.78 is 99.1. The van der Waals surface area contributed by atoms with Crippen LogP contribution in [0.1, 0.15) is 6.42 Å². The summed E-state index contributed by atoms with van der Waals surface area (Å²) in [5.74, 6) is -1.12. The van der Waals surface area contributed by atoms with E-state index in [0.717, 1.165) is 6.07 Å². The SMILES string of the molecule is Nc1cc(Nc2nc(NCCS(=O)(=O)O)nc(Nc3cccc(S(=O)(=O)O)c3)n2)ccc1OCCCS(=O)(=O)O. The Hall–Kier alpha value is -3.82. The molecule has 17 nitrogen and oxygen atoms in total. The highest BCUT2D eigenvalue weighted by Crippen LogP contribution is 2.27. The first-order chi connectivity index (χ1) is 18.6. The van der Waals surface area contributed by atoms with Crippen molar-refractivity contribution in [2.45, 2.75) is 11.3 Å². The van der Waals surface area contributed by atoms with Gasteiger partial charge in [0, 0.05) is 17.9 Å². The number of benzene rings is 2. The molecule has 0 saturated carbocycles. The van der Waals surface area contributed by atoms with Gasteiger partial charge in [0.1, 0.15) is 5.75 Å². The zero-order valence-electron chi connectivity index (χ0n) is 20.4. The van der Waals surface area contributed by atoms with Gasteiger partial charge in [-0.05, 0) is 42.8 Å². The second-order valence-corrected chi connectivity index (χ2v) is 12.6. The number of rotatable bonds is 14. The summed E-state index contributed by atoms with van der Waals surface area (Å²) in [6.07, 6.45) is 0.0411. The summed E-state index contributed by atoms with van der Waals surface area (Å²) in [5, 5.41) is 8.26. The molecule has 8 N–H and O–H groups in total. The van der Waals surface area contributed by atoms with Gasteiger partial charge in [-0.2, -0.15) is 40.2 Å². The first-order valence-corrected chi connectivity index (χ1v) is 15.8. The number of aromatic nitrogens is 3. The molecule has 0 fully saturated rings. The lowest BCUT2D eigenvalue weighted by Gasteiger charge is -2.13. The molecule has 0 spiro atoms. The fraction of sp³-hybridized carbons (Fsp3) is 0.250. The summed E-state index contributed by atoms with van der Waals surface area (Å²) in [5.41, 5.74) is 6.76. The van der Waals surface area contributed by atoms with Crippen LogP contribution in [0.15, 0.2) is 47.4 Å². The number of nitrogen functional groups attached to an aromatic ring is 1. The van der Waals surface area contributed by atoms with E-state index in [2.05, 4.69) is 30.9 Å². The number of nitrogens with two attached hydrogens (primary N) is 1. The number of anilines is 6. The van der Waals surface area contributed by atoms with Gasteiger partial charge in [0.25, 0.3) is 30.4 Å². The van der Waals surface area contributed by atoms with Crippen LogP contribution >= 0.6 is 0 Å². The Morgan fingerprint density at radius 2 is 1.38 bits per heavy atom. The van der Waals surface area contributed by atoms with Crippen molar-refractivity contribution in [1.29, 1.82) is 0 Å². The molecule has 0 radical (unpaired) electrons. The van der Waals surface area contributed by atoms with Crippen LogP contribution in [0.25, 0.3) is 0 Å². The summed E-state index contributed by atoms with van der Waals surface area (Å²) in [6, 6.07) is 9.67. The fourth-order valence-corrected chi connectivity index (χ4v) is 4.40. The van der Waals surface area contributed by atoms with E-state index in [1.54, 1.807) is 6.07 Å². The average molecular weight is 620 g/mol. The van der Waals surface area contributed by atoms with Crippen molar-refractivity contribution >= 4 is 65.3 Å². The molecule has 0 unspecified atom stereocenters. The smallest absolute Gasteiger partial charge is 0.294 e. The molecule has 0 atom stereocenters. The Bertz CT molecular complexity index is 1680. The fourth-order valence-electron chi connectivity index (χ4n) is 3.03. The highest BCUT2D eigenvalue weighted by molar-refractivity contribution is 7.86. The van der Waals surface area contributed by atoms with Crippen molar-refractivity contribution in [1.82, 2.24) is 15.0 Å². The van der Waals surface area contributed by atoms with Gasteiger partial charge in [-0.1, -0.05) is 6.07 Å². The van der Waals surface area contributed by atoms with Gasteiger partial charge in [0.05, 0.1) is 28.7 Å². The van der Waals surface area contributed by atoms with Crippen molar-refractivity contribution in [2.24, 2.45) is 0 Å². The van der Waals surface area contributed by atoms with Gasteiger partial charge in [0.15, 0.2) is 0 Å². The van der Waals surface area contributed by atoms with Crippen LogP contribution in [0.4, 0.5) is 34.9 Å². The average Bonchev–Trinajstić information content (AvgIpc) is 2.81. The lowest BCUT2D eigenvalue weighted by molar-refractivity contribution is 0.318. The van der Waals surface area contributed by atoms with Crippen molar-refractivity contribution < 1.29 is 43.6 Å². The zero-order chi connectivity index (χ0) is 29.6. The molecule has 218 valence electrons. The lowest BCUT2D eigenvalue weighted by atomic mass is 10.2. The van der Waals surface area contributed by atoms with Crippen LogP contribution in [0.2, 0.25) is 0 Å². The minimum atomic E-state index is -4.48. The maximum absolute atomic E-state index is 11.5. The molecule has 0 bridgehead atoms. The maximum atomic E-state index is 11.5.